The highest BCUT2D eigenvalue weighted by molar-refractivity contribution is 5.88. The lowest BCUT2D eigenvalue weighted by Gasteiger charge is -2.21. The number of methoxy groups -OCH3 is 1. The van der Waals surface area contributed by atoms with Crippen LogP contribution in [-0.2, 0) is 19.1 Å². The number of carbonyl (C=O) groups excluding carboxylic acids is 3. The van der Waals surface area contributed by atoms with Crippen molar-refractivity contribution in [3.8, 4) is 0 Å². The molecule has 120 valence electrons. The largest absolute Gasteiger partial charge is 0.467 e. The van der Waals surface area contributed by atoms with Crippen LogP contribution in [0.1, 0.15) is 33.1 Å². The molecule has 7 nitrogen and oxygen atoms in total. The van der Waals surface area contributed by atoms with Gasteiger partial charge in [0, 0.05) is 12.5 Å². The molecule has 0 spiro atoms. The van der Waals surface area contributed by atoms with Crippen LogP contribution in [0.4, 0.5) is 0 Å². The summed E-state index contributed by atoms with van der Waals surface area (Å²) in [5.74, 6) is -1.04. The molecule has 0 saturated carbocycles. The molecule has 1 saturated heterocycles. The fourth-order valence-corrected chi connectivity index (χ4v) is 2.40. The van der Waals surface area contributed by atoms with Crippen LogP contribution in [0, 0.1) is 11.8 Å². The summed E-state index contributed by atoms with van der Waals surface area (Å²) in [5, 5.41) is 5.31. The van der Waals surface area contributed by atoms with Crippen LogP contribution in [-0.4, -0.2) is 43.5 Å². The molecule has 4 N–H and O–H groups in total. The van der Waals surface area contributed by atoms with Gasteiger partial charge in [0.2, 0.25) is 11.8 Å². The van der Waals surface area contributed by atoms with Gasteiger partial charge in [-0.2, -0.15) is 0 Å². The summed E-state index contributed by atoms with van der Waals surface area (Å²) < 4.78 is 4.69. The van der Waals surface area contributed by atoms with Gasteiger partial charge < -0.3 is 21.1 Å². The summed E-state index contributed by atoms with van der Waals surface area (Å²) in [5.41, 5.74) is 5.80. The Morgan fingerprint density at radius 1 is 1.48 bits per heavy atom. The van der Waals surface area contributed by atoms with Crippen molar-refractivity contribution in [1.29, 1.82) is 0 Å². The van der Waals surface area contributed by atoms with Crippen LogP contribution in [0.3, 0.4) is 0 Å². The zero-order chi connectivity index (χ0) is 16.0. The summed E-state index contributed by atoms with van der Waals surface area (Å²) in [6, 6.07) is -1.51. The highest BCUT2D eigenvalue weighted by Crippen LogP contribution is 2.17. The molecule has 0 aromatic carbocycles. The van der Waals surface area contributed by atoms with Gasteiger partial charge in [-0.25, -0.2) is 4.79 Å². The molecule has 3 atom stereocenters. The number of carbonyl (C=O) groups is 3. The number of rotatable bonds is 7. The molecule has 7 heteroatoms. The standard InChI is InChI=1S/C14H25N3O4/c1-8(2)6-10(15)13(19)17-11(14(20)21-3)7-9-4-5-16-12(9)18/h8-11H,4-7,15H2,1-3H3,(H,16,18)(H,17,19). The monoisotopic (exact) mass is 299 g/mol. The van der Waals surface area contributed by atoms with E-state index in [-0.39, 0.29) is 24.2 Å². The third kappa shape index (κ3) is 5.34. The molecule has 2 amide bonds. The van der Waals surface area contributed by atoms with Crippen LogP contribution >= 0.6 is 0 Å². The van der Waals surface area contributed by atoms with E-state index in [2.05, 4.69) is 10.6 Å². The van der Waals surface area contributed by atoms with E-state index in [1.807, 2.05) is 13.8 Å². The lowest BCUT2D eigenvalue weighted by Crippen LogP contribution is -2.50. The van der Waals surface area contributed by atoms with Gasteiger partial charge in [0.25, 0.3) is 0 Å². The first-order chi connectivity index (χ1) is 9.85. The molecule has 0 aromatic heterocycles. The number of esters is 1. The maximum atomic E-state index is 12.0. The van der Waals surface area contributed by atoms with E-state index in [4.69, 9.17) is 10.5 Å². The van der Waals surface area contributed by atoms with Crippen molar-refractivity contribution in [1.82, 2.24) is 10.6 Å². The molecule has 3 unspecified atom stereocenters. The molecular formula is C14H25N3O4. The average Bonchev–Trinajstić information content (AvgIpc) is 2.81. The molecule has 0 aliphatic carbocycles. The van der Waals surface area contributed by atoms with Crippen LogP contribution in [0.15, 0.2) is 0 Å². The maximum Gasteiger partial charge on any atom is 0.328 e. The van der Waals surface area contributed by atoms with Crippen LogP contribution in [0.2, 0.25) is 0 Å². The lowest BCUT2D eigenvalue weighted by molar-refractivity contribution is -0.146. The molecule has 1 rings (SSSR count). The maximum absolute atomic E-state index is 12.0. The minimum Gasteiger partial charge on any atom is -0.467 e. The molecule has 0 aromatic rings. The summed E-state index contributed by atoms with van der Waals surface area (Å²) in [6.45, 7) is 4.53. The fraction of sp³-hybridized carbons (Fsp3) is 0.786. The van der Waals surface area contributed by atoms with E-state index < -0.39 is 24.0 Å². The minimum atomic E-state index is -0.838. The summed E-state index contributed by atoms with van der Waals surface area (Å²) in [7, 11) is 1.25. The van der Waals surface area contributed by atoms with Gasteiger partial charge in [-0.3, -0.25) is 9.59 Å². The van der Waals surface area contributed by atoms with E-state index in [0.717, 1.165) is 0 Å². The fourth-order valence-electron chi connectivity index (χ4n) is 2.40. The zero-order valence-electron chi connectivity index (χ0n) is 12.8. The number of hydrogen-bond acceptors (Lipinski definition) is 5. The molecule has 21 heavy (non-hydrogen) atoms. The first kappa shape index (κ1) is 17.4. The van der Waals surface area contributed by atoms with Gasteiger partial charge in [0.15, 0.2) is 0 Å². The van der Waals surface area contributed by atoms with Crippen LogP contribution in [0.25, 0.3) is 0 Å². The van der Waals surface area contributed by atoms with E-state index in [1.165, 1.54) is 7.11 Å². The van der Waals surface area contributed by atoms with Crippen molar-refractivity contribution in [3.63, 3.8) is 0 Å². The number of amides is 2. The molecule has 0 radical (unpaired) electrons. The van der Waals surface area contributed by atoms with Gasteiger partial charge >= 0.3 is 5.97 Å². The number of nitrogens with one attached hydrogen (secondary N) is 2. The van der Waals surface area contributed by atoms with Crippen molar-refractivity contribution >= 4 is 17.8 Å². The topological polar surface area (TPSA) is 111 Å². The Balaban J connectivity index is 2.63. The Labute approximate surface area is 125 Å². The van der Waals surface area contributed by atoms with Gasteiger partial charge in [0.05, 0.1) is 13.2 Å². The third-order valence-corrected chi connectivity index (χ3v) is 3.55. The summed E-state index contributed by atoms with van der Waals surface area (Å²) >= 11 is 0. The predicted octanol–water partition coefficient (Wildman–Crippen LogP) is -0.456. The van der Waals surface area contributed by atoms with Gasteiger partial charge in [-0.05, 0) is 25.2 Å². The molecule has 1 aliphatic rings. The second-order valence-electron chi connectivity index (χ2n) is 5.83. The van der Waals surface area contributed by atoms with Crippen molar-refractivity contribution in [3.05, 3.63) is 0 Å². The number of hydrogen-bond donors (Lipinski definition) is 3. The van der Waals surface area contributed by atoms with Crippen LogP contribution in [0.5, 0.6) is 0 Å². The second-order valence-corrected chi connectivity index (χ2v) is 5.83. The number of nitrogens with two attached hydrogens (primary N) is 1. The van der Waals surface area contributed by atoms with E-state index >= 15 is 0 Å². The Bertz CT molecular complexity index is 398. The smallest absolute Gasteiger partial charge is 0.328 e. The molecular weight excluding hydrogens is 274 g/mol. The summed E-state index contributed by atoms with van der Waals surface area (Å²) in [6.07, 6.45) is 1.42. The van der Waals surface area contributed by atoms with E-state index in [0.29, 0.717) is 19.4 Å². The SMILES string of the molecule is COC(=O)C(CC1CCNC1=O)NC(=O)C(N)CC(C)C. The Hall–Kier alpha value is -1.63. The normalized spacial score (nSPS) is 20.8. The van der Waals surface area contributed by atoms with Crippen molar-refractivity contribution in [2.75, 3.05) is 13.7 Å². The minimum absolute atomic E-state index is 0.0929. The highest BCUT2D eigenvalue weighted by Gasteiger charge is 2.32. The second kappa shape index (κ2) is 7.97. The highest BCUT2D eigenvalue weighted by atomic mass is 16.5. The van der Waals surface area contributed by atoms with Crippen LogP contribution < -0.4 is 16.4 Å². The summed E-state index contributed by atoms with van der Waals surface area (Å²) in [4.78, 5) is 35.4. The van der Waals surface area contributed by atoms with Gasteiger partial charge in [-0.15, -0.1) is 0 Å². The Kier molecular flexibility index (Phi) is 6.61. The lowest BCUT2D eigenvalue weighted by atomic mass is 9.97. The predicted molar refractivity (Wildman–Crippen MR) is 77.1 cm³/mol. The van der Waals surface area contributed by atoms with Gasteiger partial charge in [-0.1, -0.05) is 13.8 Å². The van der Waals surface area contributed by atoms with E-state index in [1.54, 1.807) is 0 Å². The molecule has 1 aliphatic heterocycles. The van der Waals surface area contributed by atoms with Crippen molar-refractivity contribution in [2.24, 2.45) is 17.6 Å². The average molecular weight is 299 g/mol. The molecule has 0 bridgehead atoms. The third-order valence-electron chi connectivity index (χ3n) is 3.55. The van der Waals surface area contributed by atoms with E-state index in [9.17, 15) is 14.4 Å². The quantitative estimate of drug-likeness (QED) is 0.551. The zero-order valence-corrected chi connectivity index (χ0v) is 12.8. The first-order valence-corrected chi connectivity index (χ1v) is 7.26. The Morgan fingerprint density at radius 2 is 2.14 bits per heavy atom. The van der Waals surface area contributed by atoms with Crippen molar-refractivity contribution < 1.29 is 19.1 Å². The Morgan fingerprint density at radius 3 is 2.62 bits per heavy atom. The molecule has 1 heterocycles. The van der Waals surface area contributed by atoms with Gasteiger partial charge in [0.1, 0.15) is 6.04 Å². The number of ether oxygens (including phenoxy) is 1. The first-order valence-electron chi connectivity index (χ1n) is 7.26. The molecule has 1 fully saturated rings. The van der Waals surface area contributed by atoms with Crippen molar-refractivity contribution in [2.45, 2.75) is 45.2 Å².